The zero-order valence-electron chi connectivity index (χ0n) is 8.18. The largest absolute Gasteiger partial charge is 0.343 e. The van der Waals surface area contributed by atoms with Gasteiger partial charge in [0.2, 0.25) is 0 Å². The van der Waals surface area contributed by atoms with Crippen LogP contribution >= 0.6 is 0 Å². The number of allylic oxidation sites excluding steroid dienone is 1. The first kappa shape index (κ1) is 14.5. The molecule has 2 amide bonds. The maximum atomic E-state index is 9.71. The van der Waals surface area contributed by atoms with Gasteiger partial charge in [-0.1, -0.05) is 25.8 Å². The molecule has 0 unspecified atom stereocenters. The number of hydrogen-bond donors (Lipinski definition) is 4. The van der Waals surface area contributed by atoms with Gasteiger partial charge in [0.1, 0.15) is 0 Å². The molecule has 0 rings (SSSR count). The number of rotatable bonds is 4. The van der Waals surface area contributed by atoms with E-state index in [-0.39, 0.29) is 0 Å². The van der Waals surface area contributed by atoms with Crippen molar-refractivity contribution in [2.75, 3.05) is 0 Å². The Morgan fingerprint density at radius 1 is 1.38 bits per heavy atom. The van der Waals surface area contributed by atoms with Gasteiger partial charge in [0, 0.05) is 0 Å². The predicted octanol–water partition coefficient (Wildman–Crippen LogP) is 0.786. The molecule has 0 heterocycles. The van der Waals surface area contributed by atoms with Gasteiger partial charge in [0.05, 0.1) is 0 Å². The highest BCUT2D eigenvalue weighted by atomic mass is 16.2. The van der Waals surface area contributed by atoms with Gasteiger partial charge in [-0.15, -0.1) is 6.58 Å². The van der Waals surface area contributed by atoms with Crippen LogP contribution in [0, 0.1) is 0 Å². The summed E-state index contributed by atoms with van der Waals surface area (Å²) >= 11 is 0. The van der Waals surface area contributed by atoms with Crippen molar-refractivity contribution in [2.45, 2.75) is 32.6 Å². The number of urea groups is 1. The first-order valence-corrected chi connectivity index (χ1v) is 4.31. The fourth-order valence-corrected chi connectivity index (χ4v) is 0.580. The van der Waals surface area contributed by atoms with Crippen LogP contribution < -0.4 is 22.5 Å². The van der Waals surface area contributed by atoms with E-state index >= 15 is 0 Å². The summed E-state index contributed by atoms with van der Waals surface area (Å²) in [7, 11) is 0. The SMILES string of the molecule is C=CCCCCC.NNC(=O)NN. The van der Waals surface area contributed by atoms with Crippen molar-refractivity contribution < 1.29 is 4.79 Å². The normalized spacial score (nSPS) is 7.92. The molecule has 0 aromatic rings. The van der Waals surface area contributed by atoms with Crippen LogP contribution in [0.15, 0.2) is 12.7 Å². The van der Waals surface area contributed by atoms with Crippen molar-refractivity contribution >= 4 is 6.03 Å². The van der Waals surface area contributed by atoms with Crippen LogP contribution in [0.2, 0.25) is 0 Å². The van der Waals surface area contributed by atoms with Crippen molar-refractivity contribution in [2.24, 2.45) is 11.7 Å². The molecule has 5 heteroatoms. The molecule has 0 bridgehead atoms. The highest BCUT2D eigenvalue weighted by Crippen LogP contribution is 1.97. The number of amides is 2. The number of carbonyl (C=O) groups excluding carboxylic acids is 1. The van der Waals surface area contributed by atoms with Crippen LogP contribution in [0.3, 0.4) is 0 Å². The average Bonchev–Trinajstić information content (AvgIpc) is 2.18. The van der Waals surface area contributed by atoms with E-state index in [1.807, 2.05) is 6.08 Å². The number of hydrogen-bond acceptors (Lipinski definition) is 3. The van der Waals surface area contributed by atoms with Gasteiger partial charge in [-0.2, -0.15) is 0 Å². The first-order chi connectivity index (χ1) is 6.22. The third-order valence-corrected chi connectivity index (χ3v) is 1.27. The van der Waals surface area contributed by atoms with Crippen molar-refractivity contribution in [3.05, 3.63) is 12.7 Å². The Balaban J connectivity index is 0. The van der Waals surface area contributed by atoms with Crippen LogP contribution in [0.4, 0.5) is 4.79 Å². The van der Waals surface area contributed by atoms with Gasteiger partial charge in [-0.25, -0.2) is 16.5 Å². The minimum absolute atomic E-state index is 0.602. The van der Waals surface area contributed by atoms with E-state index in [4.69, 9.17) is 0 Å². The molecule has 0 fully saturated rings. The molecule has 0 aromatic carbocycles. The van der Waals surface area contributed by atoms with E-state index in [9.17, 15) is 4.79 Å². The monoisotopic (exact) mass is 188 g/mol. The minimum atomic E-state index is -0.602. The Bertz CT molecular complexity index is 121. The summed E-state index contributed by atoms with van der Waals surface area (Å²) < 4.78 is 0. The summed E-state index contributed by atoms with van der Waals surface area (Å²) in [6, 6.07) is -0.602. The number of unbranched alkanes of at least 4 members (excludes halogenated alkanes) is 3. The van der Waals surface area contributed by atoms with Gasteiger partial charge in [-0.3, -0.25) is 10.9 Å². The minimum Gasteiger partial charge on any atom is -0.275 e. The average molecular weight is 188 g/mol. The number of hydrazine groups is 2. The molecular formula is C8H20N4O. The molecule has 5 nitrogen and oxygen atoms in total. The van der Waals surface area contributed by atoms with E-state index in [1.165, 1.54) is 25.7 Å². The van der Waals surface area contributed by atoms with Crippen LogP contribution in [-0.2, 0) is 0 Å². The lowest BCUT2D eigenvalue weighted by Gasteiger charge is -1.90. The summed E-state index contributed by atoms with van der Waals surface area (Å²) in [5.41, 5.74) is 3.48. The first-order valence-electron chi connectivity index (χ1n) is 4.31. The molecule has 78 valence electrons. The van der Waals surface area contributed by atoms with Gasteiger partial charge < -0.3 is 0 Å². The van der Waals surface area contributed by atoms with E-state index in [0.29, 0.717) is 0 Å². The quantitative estimate of drug-likeness (QED) is 0.173. The molecule has 0 radical (unpaired) electrons. The Labute approximate surface area is 79.5 Å². The van der Waals surface area contributed by atoms with Gasteiger partial charge in [-0.05, 0) is 12.8 Å². The Hall–Kier alpha value is -1.07. The predicted molar refractivity (Wildman–Crippen MR) is 54.4 cm³/mol. The zero-order chi connectivity index (χ0) is 10.5. The molecule has 0 aliphatic carbocycles. The number of nitrogens with two attached hydrogens (primary N) is 2. The Kier molecular flexibility index (Phi) is 15.0. The van der Waals surface area contributed by atoms with Gasteiger partial charge in [0.25, 0.3) is 0 Å². The van der Waals surface area contributed by atoms with Crippen molar-refractivity contribution in [1.29, 1.82) is 0 Å². The molecule has 0 spiro atoms. The zero-order valence-corrected chi connectivity index (χ0v) is 8.18. The van der Waals surface area contributed by atoms with Crippen LogP contribution in [0.5, 0.6) is 0 Å². The number of nitrogens with one attached hydrogen (secondary N) is 2. The molecule has 0 saturated carbocycles. The Morgan fingerprint density at radius 2 is 1.92 bits per heavy atom. The molecule has 0 saturated heterocycles. The lowest BCUT2D eigenvalue weighted by Crippen LogP contribution is -2.43. The van der Waals surface area contributed by atoms with Gasteiger partial charge >= 0.3 is 6.03 Å². The molecule has 0 aliphatic rings. The standard InChI is InChI=1S/C7H14.CH6N4O/c1-3-5-7-6-4-2;2-4-1(6)5-3/h3H,1,4-7H2,2H3;2-3H2,(H2,4,5,6). The van der Waals surface area contributed by atoms with Crippen molar-refractivity contribution in [3.63, 3.8) is 0 Å². The van der Waals surface area contributed by atoms with Crippen LogP contribution in [-0.4, -0.2) is 6.03 Å². The second-order valence-corrected chi connectivity index (χ2v) is 2.40. The molecule has 6 N–H and O–H groups in total. The second kappa shape index (κ2) is 13.5. The fourth-order valence-electron chi connectivity index (χ4n) is 0.580. The lowest BCUT2D eigenvalue weighted by molar-refractivity contribution is 0.241. The highest BCUT2D eigenvalue weighted by molar-refractivity contribution is 5.72. The van der Waals surface area contributed by atoms with E-state index < -0.39 is 6.03 Å². The molecule has 0 aromatic heterocycles. The summed E-state index contributed by atoms with van der Waals surface area (Å²) in [5, 5.41) is 0. The molecule has 13 heavy (non-hydrogen) atoms. The summed E-state index contributed by atoms with van der Waals surface area (Å²) in [4.78, 5) is 9.71. The van der Waals surface area contributed by atoms with Crippen molar-refractivity contribution in [3.8, 4) is 0 Å². The second-order valence-electron chi connectivity index (χ2n) is 2.40. The van der Waals surface area contributed by atoms with Crippen LogP contribution in [0.1, 0.15) is 32.6 Å². The smallest absolute Gasteiger partial charge is 0.275 e. The van der Waals surface area contributed by atoms with E-state index in [2.05, 4.69) is 25.2 Å². The maximum absolute atomic E-state index is 9.71. The van der Waals surface area contributed by atoms with Crippen LogP contribution in [0.25, 0.3) is 0 Å². The topological polar surface area (TPSA) is 93.2 Å². The van der Waals surface area contributed by atoms with E-state index in [0.717, 1.165) is 0 Å². The Morgan fingerprint density at radius 3 is 2.15 bits per heavy atom. The third-order valence-electron chi connectivity index (χ3n) is 1.27. The summed E-state index contributed by atoms with van der Waals surface area (Å²) in [6.07, 6.45) is 7.16. The molecular weight excluding hydrogens is 168 g/mol. The van der Waals surface area contributed by atoms with E-state index in [1.54, 1.807) is 10.9 Å². The van der Waals surface area contributed by atoms with Gasteiger partial charge in [0.15, 0.2) is 0 Å². The number of carbonyl (C=O) groups is 1. The molecule has 0 atom stereocenters. The molecule has 0 aliphatic heterocycles. The highest BCUT2D eigenvalue weighted by Gasteiger charge is 1.83. The fraction of sp³-hybridized carbons (Fsp3) is 0.625. The summed E-state index contributed by atoms with van der Waals surface area (Å²) in [6.45, 7) is 5.84. The lowest BCUT2D eigenvalue weighted by atomic mass is 10.2. The third kappa shape index (κ3) is 18.1. The summed E-state index contributed by atoms with van der Waals surface area (Å²) in [5.74, 6) is 9.08. The van der Waals surface area contributed by atoms with Crippen molar-refractivity contribution in [1.82, 2.24) is 10.9 Å². The maximum Gasteiger partial charge on any atom is 0.343 e.